The Morgan fingerprint density at radius 3 is 2.41 bits per heavy atom. The van der Waals surface area contributed by atoms with Gasteiger partial charge in [0, 0.05) is 5.69 Å². The van der Waals surface area contributed by atoms with Gasteiger partial charge in [-0.15, -0.1) is 0 Å². The van der Waals surface area contributed by atoms with E-state index in [4.69, 9.17) is 10.5 Å². The van der Waals surface area contributed by atoms with Crippen molar-refractivity contribution < 1.29 is 9.53 Å². The molecular weight excluding hydrogens is 276 g/mol. The van der Waals surface area contributed by atoms with Gasteiger partial charge in [-0.2, -0.15) is 0 Å². The Morgan fingerprint density at radius 2 is 1.82 bits per heavy atom. The number of nitrogen functional groups attached to an aromatic ring is 1. The van der Waals surface area contributed by atoms with E-state index in [0.29, 0.717) is 11.3 Å². The number of ether oxygens (including phenoxy) is 1. The molecule has 0 saturated carbocycles. The van der Waals surface area contributed by atoms with Gasteiger partial charge in [0.2, 0.25) is 0 Å². The third-order valence-electron chi connectivity index (χ3n) is 3.42. The normalized spacial score (nSPS) is 10.6. The average Bonchev–Trinajstić information content (AvgIpc) is 2.44. The van der Waals surface area contributed by atoms with E-state index in [9.17, 15) is 4.79 Å². The molecule has 0 aliphatic carbocycles. The molecule has 2 aromatic rings. The third-order valence-corrected chi connectivity index (χ3v) is 3.42. The molecule has 3 N–H and O–H groups in total. The average molecular weight is 298 g/mol. The van der Waals surface area contributed by atoms with Gasteiger partial charge in [0.05, 0.1) is 23.0 Å². The van der Waals surface area contributed by atoms with Crippen LogP contribution in [0.4, 0.5) is 17.1 Å². The summed E-state index contributed by atoms with van der Waals surface area (Å²) < 4.78 is 5.16. The Morgan fingerprint density at radius 1 is 1.09 bits per heavy atom. The van der Waals surface area contributed by atoms with Crippen molar-refractivity contribution in [2.75, 3.05) is 11.1 Å². The number of benzene rings is 2. The van der Waals surface area contributed by atoms with Crippen molar-refractivity contribution >= 4 is 23.0 Å². The molecule has 4 nitrogen and oxygen atoms in total. The van der Waals surface area contributed by atoms with Gasteiger partial charge in [-0.1, -0.05) is 6.07 Å². The fourth-order valence-corrected chi connectivity index (χ4v) is 2.06. The zero-order chi connectivity index (χ0) is 16.3. The Hall–Kier alpha value is -2.49. The largest absolute Gasteiger partial charge is 0.459 e. The highest BCUT2D eigenvalue weighted by Gasteiger charge is 2.11. The van der Waals surface area contributed by atoms with Crippen LogP contribution in [-0.2, 0) is 4.74 Å². The molecule has 0 aliphatic heterocycles. The summed E-state index contributed by atoms with van der Waals surface area (Å²) in [6.45, 7) is 7.77. The van der Waals surface area contributed by atoms with E-state index in [-0.39, 0.29) is 12.1 Å². The quantitative estimate of drug-likeness (QED) is 0.656. The van der Waals surface area contributed by atoms with E-state index < -0.39 is 0 Å². The molecule has 22 heavy (non-hydrogen) atoms. The van der Waals surface area contributed by atoms with Gasteiger partial charge in [-0.05, 0) is 69.2 Å². The summed E-state index contributed by atoms with van der Waals surface area (Å²) in [5.74, 6) is -0.362. The lowest BCUT2D eigenvalue weighted by molar-refractivity contribution is 0.0378. The minimum Gasteiger partial charge on any atom is -0.459 e. The SMILES string of the molecule is Cc1ccc(Nc2ccc(C(=O)OC(C)C)cc2N)cc1C. The van der Waals surface area contributed by atoms with E-state index in [0.717, 1.165) is 11.4 Å². The van der Waals surface area contributed by atoms with Crippen molar-refractivity contribution in [1.82, 2.24) is 0 Å². The zero-order valence-electron chi connectivity index (χ0n) is 13.4. The monoisotopic (exact) mass is 298 g/mol. The molecule has 0 fully saturated rings. The molecule has 0 unspecified atom stereocenters. The first-order chi connectivity index (χ1) is 10.4. The van der Waals surface area contributed by atoms with Gasteiger partial charge in [-0.3, -0.25) is 0 Å². The maximum atomic E-state index is 11.9. The molecule has 0 aromatic heterocycles. The van der Waals surface area contributed by atoms with Gasteiger partial charge in [-0.25, -0.2) is 4.79 Å². The van der Waals surface area contributed by atoms with E-state index in [1.165, 1.54) is 11.1 Å². The number of aryl methyl sites for hydroxylation is 2. The fraction of sp³-hybridized carbons (Fsp3) is 0.278. The standard InChI is InChI=1S/C18H22N2O2/c1-11(2)22-18(21)14-6-8-17(16(19)10-14)20-15-7-5-12(3)13(4)9-15/h5-11,20H,19H2,1-4H3. The summed E-state index contributed by atoms with van der Waals surface area (Å²) in [4.78, 5) is 11.9. The summed E-state index contributed by atoms with van der Waals surface area (Å²) in [5.41, 5.74) is 11.2. The lowest BCUT2D eigenvalue weighted by Gasteiger charge is -2.13. The lowest BCUT2D eigenvalue weighted by atomic mass is 10.1. The van der Waals surface area contributed by atoms with Crippen molar-refractivity contribution in [3.8, 4) is 0 Å². The number of hydrogen-bond donors (Lipinski definition) is 2. The molecule has 0 amide bonds. The van der Waals surface area contributed by atoms with Gasteiger partial charge in [0.25, 0.3) is 0 Å². The predicted octanol–water partition coefficient (Wildman–Crippen LogP) is 4.19. The van der Waals surface area contributed by atoms with Crippen LogP contribution in [0, 0.1) is 13.8 Å². The number of anilines is 3. The maximum Gasteiger partial charge on any atom is 0.338 e. The van der Waals surface area contributed by atoms with Crippen LogP contribution in [0.3, 0.4) is 0 Å². The minimum absolute atomic E-state index is 0.151. The number of nitrogens with one attached hydrogen (secondary N) is 1. The highest BCUT2D eigenvalue weighted by molar-refractivity contribution is 5.92. The molecule has 0 spiro atoms. The van der Waals surface area contributed by atoms with Crippen LogP contribution in [0.1, 0.15) is 35.3 Å². The van der Waals surface area contributed by atoms with E-state index in [2.05, 4.69) is 31.3 Å². The summed E-state index contributed by atoms with van der Waals surface area (Å²) >= 11 is 0. The van der Waals surface area contributed by atoms with Gasteiger partial charge in [0.1, 0.15) is 0 Å². The number of rotatable bonds is 4. The molecule has 4 heteroatoms. The first-order valence-electron chi connectivity index (χ1n) is 7.31. The molecule has 0 saturated heterocycles. The molecule has 0 radical (unpaired) electrons. The first kappa shape index (κ1) is 15.9. The smallest absolute Gasteiger partial charge is 0.338 e. The number of hydrogen-bond acceptors (Lipinski definition) is 4. The van der Waals surface area contributed by atoms with Crippen LogP contribution >= 0.6 is 0 Å². The van der Waals surface area contributed by atoms with Crippen molar-refractivity contribution in [3.63, 3.8) is 0 Å². The molecular formula is C18H22N2O2. The van der Waals surface area contributed by atoms with Crippen LogP contribution in [0.15, 0.2) is 36.4 Å². The van der Waals surface area contributed by atoms with Crippen LogP contribution in [0.25, 0.3) is 0 Å². The van der Waals surface area contributed by atoms with Crippen LogP contribution in [0.2, 0.25) is 0 Å². The van der Waals surface area contributed by atoms with Crippen LogP contribution in [0.5, 0.6) is 0 Å². The Labute approximate surface area is 131 Å². The Balaban J connectivity index is 2.19. The topological polar surface area (TPSA) is 64.3 Å². The lowest BCUT2D eigenvalue weighted by Crippen LogP contribution is -2.12. The number of nitrogens with two attached hydrogens (primary N) is 1. The number of esters is 1. The molecule has 0 heterocycles. The van der Waals surface area contributed by atoms with E-state index in [1.54, 1.807) is 18.2 Å². The van der Waals surface area contributed by atoms with Gasteiger partial charge >= 0.3 is 5.97 Å². The van der Waals surface area contributed by atoms with Gasteiger partial charge < -0.3 is 15.8 Å². The second kappa shape index (κ2) is 6.52. The zero-order valence-corrected chi connectivity index (χ0v) is 13.4. The van der Waals surface area contributed by atoms with Gasteiger partial charge in [0.15, 0.2) is 0 Å². The third kappa shape index (κ3) is 3.79. The fourth-order valence-electron chi connectivity index (χ4n) is 2.06. The molecule has 0 aliphatic rings. The van der Waals surface area contributed by atoms with Crippen molar-refractivity contribution in [2.45, 2.75) is 33.8 Å². The molecule has 2 aromatic carbocycles. The summed E-state index contributed by atoms with van der Waals surface area (Å²) in [6, 6.07) is 11.3. The predicted molar refractivity (Wildman–Crippen MR) is 90.6 cm³/mol. The van der Waals surface area contributed by atoms with E-state index >= 15 is 0 Å². The number of carbonyl (C=O) groups excluding carboxylic acids is 1. The van der Waals surface area contributed by atoms with Crippen molar-refractivity contribution in [2.24, 2.45) is 0 Å². The van der Waals surface area contributed by atoms with Crippen molar-refractivity contribution in [3.05, 3.63) is 53.1 Å². The van der Waals surface area contributed by atoms with Crippen LogP contribution in [-0.4, -0.2) is 12.1 Å². The second-order valence-electron chi connectivity index (χ2n) is 5.68. The van der Waals surface area contributed by atoms with E-state index in [1.807, 2.05) is 19.9 Å². The first-order valence-corrected chi connectivity index (χ1v) is 7.31. The molecule has 0 bridgehead atoms. The number of carbonyl (C=O) groups is 1. The summed E-state index contributed by atoms with van der Waals surface area (Å²) in [5, 5.41) is 3.27. The van der Waals surface area contributed by atoms with Crippen molar-refractivity contribution in [1.29, 1.82) is 0 Å². The highest BCUT2D eigenvalue weighted by Crippen LogP contribution is 2.25. The highest BCUT2D eigenvalue weighted by atomic mass is 16.5. The molecule has 0 atom stereocenters. The Bertz CT molecular complexity index is 693. The maximum absolute atomic E-state index is 11.9. The Kier molecular flexibility index (Phi) is 4.71. The van der Waals surface area contributed by atoms with Crippen LogP contribution < -0.4 is 11.1 Å². The molecule has 116 valence electrons. The summed E-state index contributed by atoms with van der Waals surface area (Å²) in [7, 11) is 0. The molecule has 2 rings (SSSR count). The minimum atomic E-state index is -0.362. The summed E-state index contributed by atoms with van der Waals surface area (Å²) in [6.07, 6.45) is -0.151. The second-order valence-corrected chi connectivity index (χ2v) is 5.68.